The van der Waals surface area contributed by atoms with E-state index in [9.17, 15) is 0 Å². The topological polar surface area (TPSA) is 35.2 Å². The first-order valence-corrected chi connectivity index (χ1v) is 4.28. The second-order valence-corrected chi connectivity index (χ2v) is 4.22. The van der Waals surface area contributed by atoms with E-state index in [0.29, 0.717) is 6.61 Å². The zero-order valence-electron chi connectivity index (χ0n) is 8.18. The van der Waals surface area contributed by atoms with Gasteiger partial charge in [0.1, 0.15) is 0 Å². The van der Waals surface area contributed by atoms with Gasteiger partial charge in [0.25, 0.3) is 0 Å². The van der Waals surface area contributed by atoms with Gasteiger partial charge < -0.3 is 10.5 Å². The van der Waals surface area contributed by atoms with Crippen LogP contribution in [-0.2, 0) is 4.74 Å². The smallest absolute Gasteiger partial charge is 0.0640 e. The van der Waals surface area contributed by atoms with Gasteiger partial charge in [-0.15, -0.1) is 0 Å². The summed E-state index contributed by atoms with van der Waals surface area (Å²) in [6, 6.07) is 0. The Labute approximate surface area is 70.1 Å². The summed E-state index contributed by atoms with van der Waals surface area (Å²) < 4.78 is 5.38. The van der Waals surface area contributed by atoms with Crippen molar-refractivity contribution in [3.8, 4) is 0 Å². The van der Waals surface area contributed by atoms with Gasteiger partial charge in [0.2, 0.25) is 0 Å². The molecule has 11 heavy (non-hydrogen) atoms. The van der Waals surface area contributed by atoms with Crippen molar-refractivity contribution < 1.29 is 4.74 Å². The third-order valence-electron chi connectivity index (χ3n) is 1.31. The highest BCUT2D eigenvalue weighted by Gasteiger charge is 2.09. The van der Waals surface area contributed by atoms with Crippen LogP contribution in [0.4, 0.5) is 0 Å². The van der Waals surface area contributed by atoms with Crippen LogP contribution in [0.2, 0.25) is 0 Å². The Morgan fingerprint density at radius 3 is 2.27 bits per heavy atom. The molecule has 2 N–H and O–H groups in total. The fraction of sp³-hybridized carbons (Fsp3) is 1.00. The molecule has 2 heteroatoms. The quantitative estimate of drug-likeness (QED) is 0.621. The monoisotopic (exact) mass is 159 g/mol. The minimum atomic E-state index is -0.184. The molecule has 0 unspecified atom stereocenters. The summed E-state index contributed by atoms with van der Waals surface area (Å²) in [5, 5.41) is 0. The second kappa shape index (κ2) is 4.73. The summed E-state index contributed by atoms with van der Waals surface area (Å²) in [7, 11) is 0. The Kier molecular flexibility index (Phi) is 4.69. The normalized spacial score (nSPS) is 12.5. The van der Waals surface area contributed by atoms with Gasteiger partial charge in [-0.05, 0) is 26.2 Å². The van der Waals surface area contributed by atoms with Crippen LogP contribution < -0.4 is 5.73 Å². The predicted molar refractivity (Wildman–Crippen MR) is 48.5 cm³/mol. The maximum atomic E-state index is 5.73. The third-order valence-corrected chi connectivity index (χ3v) is 1.31. The standard InChI is InChI=1S/C9H21NO/c1-8(2)5-6-11-7-9(3,4)10/h8H,5-7,10H2,1-4H3. The SMILES string of the molecule is CC(C)CCOCC(C)(C)N. The summed E-state index contributed by atoms with van der Waals surface area (Å²) in [6.45, 7) is 9.82. The molecule has 0 aromatic carbocycles. The van der Waals surface area contributed by atoms with Crippen molar-refractivity contribution in [1.29, 1.82) is 0 Å². The maximum Gasteiger partial charge on any atom is 0.0640 e. The summed E-state index contributed by atoms with van der Waals surface area (Å²) in [5.74, 6) is 0.718. The summed E-state index contributed by atoms with van der Waals surface area (Å²) in [5.41, 5.74) is 5.54. The van der Waals surface area contributed by atoms with Gasteiger partial charge in [0.15, 0.2) is 0 Å². The Hall–Kier alpha value is -0.0800. The van der Waals surface area contributed by atoms with Gasteiger partial charge in [0.05, 0.1) is 6.61 Å². The average Bonchev–Trinajstić information content (AvgIpc) is 1.78. The molecule has 2 nitrogen and oxygen atoms in total. The number of hydrogen-bond donors (Lipinski definition) is 1. The molecule has 0 fully saturated rings. The van der Waals surface area contributed by atoms with E-state index in [1.807, 2.05) is 13.8 Å². The van der Waals surface area contributed by atoms with Crippen molar-refractivity contribution in [2.45, 2.75) is 39.7 Å². The molecule has 0 amide bonds. The van der Waals surface area contributed by atoms with E-state index >= 15 is 0 Å². The van der Waals surface area contributed by atoms with Gasteiger partial charge in [0, 0.05) is 12.1 Å². The molecule has 0 saturated carbocycles. The molecule has 0 atom stereocenters. The molecule has 0 aromatic heterocycles. The number of rotatable bonds is 5. The Morgan fingerprint density at radius 1 is 1.36 bits per heavy atom. The van der Waals surface area contributed by atoms with E-state index in [0.717, 1.165) is 18.9 Å². The number of nitrogens with two attached hydrogens (primary N) is 1. The van der Waals surface area contributed by atoms with E-state index < -0.39 is 0 Å². The fourth-order valence-corrected chi connectivity index (χ4v) is 0.654. The molecule has 68 valence electrons. The van der Waals surface area contributed by atoms with Crippen molar-refractivity contribution in [2.75, 3.05) is 13.2 Å². The van der Waals surface area contributed by atoms with Crippen molar-refractivity contribution in [2.24, 2.45) is 11.7 Å². The molecule has 0 heterocycles. The molecular formula is C9H21NO. The van der Waals surface area contributed by atoms with Crippen molar-refractivity contribution in [3.63, 3.8) is 0 Å². The van der Waals surface area contributed by atoms with Crippen LogP contribution in [0, 0.1) is 5.92 Å². The van der Waals surface area contributed by atoms with E-state index in [-0.39, 0.29) is 5.54 Å². The molecule has 0 aromatic rings. The van der Waals surface area contributed by atoms with E-state index in [1.165, 1.54) is 0 Å². The fourth-order valence-electron chi connectivity index (χ4n) is 0.654. The van der Waals surface area contributed by atoms with Crippen LogP contribution in [0.5, 0.6) is 0 Å². The first-order chi connectivity index (χ1) is 4.92. The minimum absolute atomic E-state index is 0.184. The Bertz CT molecular complexity index is 94.2. The first kappa shape index (κ1) is 10.9. The lowest BCUT2D eigenvalue weighted by Crippen LogP contribution is -2.37. The average molecular weight is 159 g/mol. The maximum absolute atomic E-state index is 5.73. The van der Waals surface area contributed by atoms with E-state index in [4.69, 9.17) is 10.5 Å². The summed E-state index contributed by atoms with van der Waals surface area (Å²) in [6.07, 6.45) is 1.12. The molecule has 0 aliphatic rings. The lowest BCUT2D eigenvalue weighted by molar-refractivity contribution is 0.0892. The zero-order chi connectivity index (χ0) is 8.91. The molecule has 0 bridgehead atoms. The highest BCUT2D eigenvalue weighted by atomic mass is 16.5. The molecule has 0 spiro atoms. The van der Waals surface area contributed by atoms with Crippen LogP contribution in [0.15, 0.2) is 0 Å². The van der Waals surface area contributed by atoms with Gasteiger partial charge in [-0.2, -0.15) is 0 Å². The van der Waals surface area contributed by atoms with Crippen LogP contribution >= 0.6 is 0 Å². The highest BCUT2D eigenvalue weighted by molar-refractivity contribution is 4.69. The number of hydrogen-bond acceptors (Lipinski definition) is 2. The van der Waals surface area contributed by atoms with E-state index in [2.05, 4.69) is 13.8 Å². The number of ether oxygens (including phenoxy) is 1. The summed E-state index contributed by atoms with van der Waals surface area (Å²) in [4.78, 5) is 0. The van der Waals surface area contributed by atoms with Crippen LogP contribution in [0.1, 0.15) is 34.1 Å². The van der Waals surface area contributed by atoms with Crippen molar-refractivity contribution in [1.82, 2.24) is 0 Å². The van der Waals surface area contributed by atoms with Gasteiger partial charge in [-0.1, -0.05) is 13.8 Å². The molecule has 0 saturated heterocycles. The lowest BCUT2D eigenvalue weighted by atomic mass is 10.1. The molecule has 0 radical (unpaired) electrons. The van der Waals surface area contributed by atoms with Crippen LogP contribution in [-0.4, -0.2) is 18.8 Å². The molecule has 0 aliphatic carbocycles. The van der Waals surface area contributed by atoms with Crippen LogP contribution in [0.25, 0.3) is 0 Å². The lowest BCUT2D eigenvalue weighted by Gasteiger charge is -2.18. The third kappa shape index (κ3) is 9.92. The minimum Gasteiger partial charge on any atom is -0.380 e. The van der Waals surface area contributed by atoms with Gasteiger partial charge in [-0.3, -0.25) is 0 Å². The van der Waals surface area contributed by atoms with Crippen molar-refractivity contribution >= 4 is 0 Å². The molecular weight excluding hydrogens is 138 g/mol. The van der Waals surface area contributed by atoms with Gasteiger partial charge >= 0.3 is 0 Å². The summed E-state index contributed by atoms with van der Waals surface area (Å²) >= 11 is 0. The molecule has 0 rings (SSSR count). The van der Waals surface area contributed by atoms with E-state index in [1.54, 1.807) is 0 Å². The zero-order valence-corrected chi connectivity index (χ0v) is 8.18. The van der Waals surface area contributed by atoms with Crippen molar-refractivity contribution in [3.05, 3.63) is 0 Å². The Balaban J connectivity index is 3.15. The molecule has 0 aliphatic heterocycles. The Morgan fingerprint density at radius 2 is 1.91 bits per heavy atom. The first-order valence-electron chi connectivity index (χ1n) is 4.28. The van der Waals surface area contributed by atoms with Crippen LogP contribution in [0.3, 0.4) is 0 Å². The highest BCUT2D eigenvalue weighted by Crippen LogP contribution is 2.01. The van der Waals surface area contributed by atoms with Gasteiger partial charge in [-0.25, -0.2) is 0 Å². The predicted octanol–water partition coefficient (Wildman–Crippen LogP) is 1.79. The second-order valence-electron chi connectivity index (χ2n) is 4.22. The largest absolute Gasteiger partial charge is 0.380 e.